The molecular weight excluding hydrogens is 281 g/mol. The number of amidine groups is 1. The quantitative estimate of drug-likeness (QED) is 0.867. The Labute approximate surface area is 108 Å². The predicted molar refractivity (Wildman–Crippen MR) is 63.5 cm³/mol. The standard InChI is InChI=1S/C11H11F3N2O2S/c12-11(13,14)6-3-7-15-10-8-4-1-2-5-9(8)19(17,18)16-10/h1-2,4-5H,3,6-7H2,(H,15,16). The lowest BCUT2D eigenvalue weighted by molar-refractivity contribution is -0.134. The normalized spacial score (nSPS) is 19.2. The van der Waals surface area contributed by atoms with Crippen LogP contribution in [0.2, 0.25) is 0 Å². The summed E-state index contributed by atoms with van der Waals surface area (Å²) < 4.78 is 61.5. The SMILES string of the molecule is O=S1(=O)NC(=NCCCC(F)(F)F)c2ccccc21. The van der Waals surface area contributed by atoms with Crippen molar-refractivity contribution in [2.24, 2.45) is 4.99 Å². The van der Waals surface area contributed by atoms with Crippen molar-refractivity contribution in [1.29, 1.82) is 0 Å². The number of nitrogens with zero attached hydrogens (tertiary/aromatic N) is 1. The molecule has 0 spiro atoms. The minimum absolute atomic E-state index is 0.0777. The lowest BCUT2D eigenvalue weighted by Gasteiger charge is -2.04. The molecule has 0 saturated heterocycles. The molecule has 1 N–H and O–H groups in total. The second-order valence-corrected chi connectivity index (χ2v) is 5.70. The van der Waals surface area contributed by atoms with Crippen LogP contribution in [0, 0.1) is 0 Å². The van der Waals surface area contributed by atoms with Crippen LogP contribution in [0.25, 0.3) is 0 Å². The van der Waals surface area contributed by atoms with Gasteiger partial charge in [0.1, 0.15) is 5.84 Å². The fourth-order valence-electron chi connectivity index (χ4n) is 1.72. The van der Waals surface area contributed by atoms with Gasteiger partial charge in [-0.1, -0.05) is 12.1 Å². The third-order valence-electron chi connectivity index (χ3n) is 2.55. The van der Waals surface area contributed by atoms with Gasteiger partial charge >= 0.3 is 6.18 Å². The Hall–Kier alpha value is -1.57. The van der Waals surface area contributed by atoms with Gasteiger partial charge in [0.25, 0.3) is 10.0 Å². The molecule has 0 radical (unpaired) electrons. The highest BCUT2D eigenvalue weighted by atomic mass is 32.2. The first kappa shape index (κ1) is 13.9. The van der Waals surface area contributed by atoms with E-state index in [-0.39, 0.29) is 23.7 Å². The third kappa shape index (κ3) is 3.25. The van der Waals surface area contributed by atoms with E-state index in [2.05, 4.69) is 9.71 Å². The zero-order valence-electron chi connectivity index (χ0n) is 9.74. The molecule has 1 heterocycles. The zero-order chi connectivity index (χ0) is 14.1. The van der Waals surface area contributed by atoms with Gasteiger partial charge in [0.2, 0.25) is 0 Å². The van der Waals surface area contributed by atoms with Crippen LogP contribution in [0.1, 0.15) is 18.4 Å². The first-order valence-electron chi connectivity index (χ1n) is 5.53. The topological polar surface area (TPSA) is 58.5 Å². The highest BCUT2D eigenvalue weighted by molar-refractivity contribution is 7.90. The number of alkyl halides is 3. The van der Waals surface area contributed by atoms with Crippen LogP contribution >= 0.6 is 0 Å². The summed E-state index contributed by atoms with van der Waals surface area (Å²) in [7, 11) is -3.62. The Kier molecular flexibility index (Phi) is 3.53. The molecule has 1 aliphatic rings. The second kappa shape index (κ2) is 4.84. The molecule has 8 heteroatoms. The average Bonchev–Trinajstić information content (AvgIpc) is 2.57. The van der Waals surface area contributed by atoms with E-state index in [9.17, 15) is 21.6 Å². The van der Waals surface area contributed by atoms with E-state index in [1.54, 1.807) is 18.2 Å². The Bertz CT molecular complexity index is 609. The molecule has 0 fully saturated rings. The van der Waals surface area contributed by atoms with Crippen molar-refractivity contribution in [3.8, 4) is 0 Å². The Balaban J connectivity index is 2.11. The van der Waals surface area contributed by atoms with Crippen molar-refractivity contribution >= 4 is 15.9 Å². The van der Waals surface area contributed by atoms with E-state index >= 15 is 0 Å². The lowest BCUT2D eigenvalue weighted by Crippen LogP contribution is -2.22. The lowest BCUT2D eigenvalue weighted by atomic mass is 10.2. The molecule has 19 heavy (non-hydrogen) atoms. The zero-order valence-corrected chi connectivity index (χ0v) is 10.6. The van der Waals surface area contributed by atoms with E-state index < -0.39 is 22.6 Å². The maximum Gasteiger partial charge on any atom is 0.389 e. The minimum Gasteiger partial charge on any atom is -0.267 e. The number of benzene rings is 1. The molecule has 104 valence electrons. The molecule has 1 aromatic carbocycles. The average molecular weight is 292 g/mol. The Morgan fingerprint density at radius 1 is 1.21 bits per heavy atom. The molecular formula is C11H11F3N2O2S. The van der Waals surface area contributed by atoms with Crippen LogP contribution in [-0.4, -0.2) is 27.0 Å². The molecule has 1 aliphatic heterocycles. The van der Waals surface area contributed by atoms with Crippen LogP contribution in [0.3, 0.4) is 0 Å². The highest BCUT2D eigenvalue weighted by Gasteiger charge is 2.30. The van der Waals surface area contributed by atoms with Crippen molar-refractivity contribution in [1.82, 2.24) is 4.72 Å². The minimum atomic E-state index is -4.22. The van der Waals surface area contributed by atoms with Gasteiger partial charge in [-0.3, -0.25) is 9.71 Å². The van der Waals surface area contributed by atoms with Crippen LogP contribution in [0.15, 0.2) is 34.2 Å². The molecule has 0 saturated carbocycles. The molecule has 0 unspecified atom stereocenters. The van der Waals surface area contributed by atoms with E-state index in [0.29, 0.717) is 5.56 Å². The molecule has 2 rings (SSSR count). The Morgan fingerprint density at radius 3 is 2.58 bits per heavy atom. The number of halogens is 3. The molecule has 0 aromatic heterocycles. The molecule has 0 bridgehead atoms. The predicted octanol–water partition coefficient (Wildman–Crippen LogP) is 2.07. The number of sulfonamides is 1. The van der Waals surface area contributed by atoms with Gasteiger partial charge < -0.3 is 0 Å². The van der Waals surface area contributed by atoms with E-state index in [0.717, 1.165) is 0 Å². The maximum atomic E-state index is 12.0. The summed E-state index contributed by atoms with van der Waals surface area (Å²) in [6.07, 6.45) is -5.32. The summed E-state index contributed by atoms with van der Waals surface area (Å²) in [4.78, 5) is 3.99. The number of hydrogen-bond donors (Lipinski definition) is 1. The van der Waals surface area contributed by atoms with E-state index in [1.165, 1.54) is 6.07 Å². The summed E-state index contributed by atoms with van der Waals surface area (Å²) in [5.74, 6) is 0.109. The van der Waals surface area contributed by atoms with Crippen molar-refractivity contribution in [3.05, 3.63) is 29.8 Å². The number of fused-ring (bicyclic) bond motifs is 1. The van der Waals surface area contributed by atoms with Crippen molar-refractivity contribution in [3.63, 3.8) is 0 Å². The van der Waals surface area contributed by atoms with Gasteiger partial charge in [0.15, 0.2) is 0 Å². The maximum absolute atomic E-state index is 12.0. The summed E-state index contributed by atoms with van der Waals surface area (Å²) in [5.41, 5.74) is 0.398. The van der Waals surface area contributed by atoms with Gasteiger partial charge in [-0.15, -0.1) is 0 Å². The van der Waals surface area contributed by atoms with Gasteiger partial charge in [0, 0.05) is 18.5 Å². The van der Waals surface area contributed by atoms with Gasteiger partial charge in [-0.25, -0.2) is 8.42 Å². The van der Waals surface area contributed by atoms with Crippen LogP contribution in [0.4, 0.5) is 13.2 Å². The van der Waals surface area contributed by atoms with Crippen LogP contribution < -0.4 is 4.72 Å². The first-order chi connectivity index (χ1) is 8.80. The van der Waals surface area contributed by atoms with E-state index in [1.807, 2.05) is 0 Å². The summed E-state index contributed by atoms with van der Waals surface area (Å²) in [6.45, 7) is -0.0777. The fraction of sp³-hybridized carbons (Fsp3) is 0.364. The van der Waals surface area contributed by atoms with Gasteiger partial charge in [0.05, 0.1) is 4.90 Å². The summed E-state index contributed by atoms with van der Waals surface area (Å²) >= 11 is 0. The Morgan fingerprint density at radius 2 is 1.89 bits per heavy atom. The summed E-state index contributed by atoms with van der Waals surface area (Å²) in [5, 5.41) is 0. The molecule has 0 atom stereocenters. The molecule has 4 nitrogen and oxygen atoms in total. The smallest absolute Gasteiger partial charge is 0.267 e. The monoisotopic (exact) mass is 292 g/mol. The largest absolute Gasteiger partial charge is 0.389 e. The highest BCUT2D eigenvalue weighted by Crippen LogP contribution is 2.23. The van der Waals surface area contributed by atoms with E-state index in [4.69, 9.17) is 0 Å². The van der Waals surface area contributed by atoms with Crippen molar-refractivity contribution in [2.45, 2.75) is 23.9 Å². The van der Waals surface area contributed by atoms with Crippen molar-refractivity contribution in [2.75, 3.05) is 6.54 Å². The summed E-state index contributed by atoms with van der Waals surface area (Å²) in [6, 6.07) is 6.21. The molecule has 0 aliphatic carbocycles. The number of hydrogen-bond acceptors (Lipinski definition) is 3. The second-order valence-electron chi connectivity index (χ2n) is 4.05. The van der Waals surface area contributed by atoms with Crippen LogP contribution in [0.5, 0.6) is 0 Å². The molecule has 1 aromatic rings. The van der Waals surface area contributed by atoms with Gasteiger partial charge in [-0.2, -0.15) is 13.2 Å². The van der Waals surface area contributed by atoms with Crippen LogP contribution in [-0.2, 0) is 10.0 Å². The molecule has 0 amide bonds. The third-order valence-corrected chi connectivity index (χ3v) is 3.95. The van der Waals surface area contributed by atoms with Gasteiger partial charge in [-0.05, 0) is 18.6 Å². The number of nitrogens with one attached hydrogen (secondary N) is 1. The first-order valence-corrected chi connectivity index (χ1v) is 7.01. The fourth-order valence-corrected chi connectivity index (χ4v) is 2.97. The van der Waals surface area contributed by atoms with Crippen molar-refractivity contribution < 1.29 is 21.6 Å². The number of aliphatic imine (C=N–C) groups is 1. The number of rotatable bonds is 3.